The van der Waals surface area contributed by atoms with Crippen LogP contribution in [0, 0.1) is 11.6 Å². The third-order valence-electron chi connectivity index (χ3n) is 9.16. The predicted molar refractivity (Wildman–Crippen MR) is 198 cm³/mol. The average Bonchev–Trinajstić information content (AvgIpc) is 3.83. The lowest BCUT2D eigenvalue weighted by atomic mass is 9.90. The highest BCUT2D eigenvalue weighted by molar-refractivity contribution is 5.95. The molecule has 0 radical (unpaired) electrons. The first-order valence-corrected chi connectivity index (χ1v) is 17.9. The van der Waals surface area contributed by atoms with Gasteiger partial charge in [0.25, 0.3) is 0 Å². The molecule has 0 bridgehead atoms. The summed E-state index contributed by atoms with van der Waals surface area (Å²) in [7, 11) is 0. The van der Waals surface area contributed by atoms with Gasteiger partial charge in [-0.05, 0) is 48.6 Å². The quantitative estimate of drug-likeness (QED) is 0.0390. The monoisotopic (exact) mass is 762 g/mol. The highest BCUT2D eigenvalue weighted by atomic mass is 19.3. The Hall–Kier alpha value is -5.47. The van der Waals surface area contributed by atoms with Crippen molar-refractivity contribution in [3.63, 3.8) is 0 Å². The maximum atomic E-state index is 15.4. The van der Waals surface area contributed by atoms with Gasteiger partial charge < -0.3 is 28.8 Å². The molecule has 1 amide bonds. The minimum atomic E-state index is -3.93. The van der Waals surface area contributed by atoms with Crippen molar-refractivity contribution in [3.8, 4) is 11.5 Å². The third-order valence-corrected chi connectivity index (χ3v) is 9.16. The van der Waals surface area contributed by atoms with Crippen LogP contribution in [-0.4, -0.2) is 52.7 Å². The summed E-state index contributed by atoms with van der Waals surface area (Å²) in [6, 6.07) is 14.5. The highest BCUT2D eigenvalue weighted by Gasteiger charge is 2.44. The van der Waals surface area contributed by atoms with Crippen molar-refractivity contribution in [1.82, 2.24) is 14.3 Å². The zero-order valence-electron chi connectivity index (χ0n) is 30.6. The van der Waals surface area contributed by atoms with Crippen LogP contribution in [0.5, 0.6) is 11.5 Å². The minimum absolute atomic E-state index is 0.110. The Morgan fingerprint density at radius 2 is 1.67 bits per heavy atom. The van der Waals surface area contributed by atoms with Crippen molar-refractivity contribution in [3.05, 3.63) is 119 Å². The van der Waals surface area contributed by atoms with E-state index in [4.69, 9.17) is 9.47 Å². The largest absolute Gasteiger partial charge is 0.586 e. The van der Waals surface area contributed by atoms with Crippen LogP contribution in [0.15, 0.2) is 79.6 Å². The van der Waals surface area contributed by atoms with Crippen molar-refractivity contribution >= 4 is 28.8 Å². The zero-order valence-corrected chi connectivity index (χ0v) is 30.6. The number of unbranched alkanes of at least 4 members (excludes halogenated alkanes) is 2. The molecule has 1 aliphatic rings. The van der Waals surface area contributed by atoms with E-state index >= 15 is 4.39 Å². The fraction of sp³-hybridized carbons (Fsp3) is 0.341. The Morgan fingerprint density at radius 3 is 2.38 bits per heavy atom. The Morgan fingerprint density at radius 1 is 0.964 bits per heavy atom. The molecule has 0 saturated carbocycles. The van der Waals surface area contributed by atoms with E-state index in [1.54, 1.807) is 23.2 Å². The van der Waals surface area contributed by atoms with E-state index in [2.05, 4.69) is 26.5 Å². The Balaban J connectivity index is 0.960. The zero-order chi connectivity index (χ0) is 39.2. The fourth-order valence-corrected chi connectivity index (χ4v) is 6.41. The fourth-order valence-electron chi connectivity index (χ4n) is 6.41. The number of carbonyl (C=O) groups excluding carboxylic acids is 2. The van der Waals surface area contributed by atoms with Crippen LogP contribution in [0.25, 0.3) is 10.9 Å². The molecule has 0 spiro atoms. The first-order chi connectivity index (χ1) is 26.3. The smallest absolute Gasteiger partial charge is 0.395 e. The molecule has 3 aromatic carbocycles. The molecule has 290 valence electrons. The number of halogens is 4. The van der Waals surface area contributed by atoms with E-state index in [1.165, 1.54) is 12.1 Å². The SMILES string of the molecule is C=CCn1c(C(C)(C)COCCCCCOCc2ccc(Cn3cc(C=O)cn3)cc2)cc2cc(NC(=O)Cc3cc4c(cc3F)OC(F)(F)O4)c(F)cc21. The molecule has 6 rings (SSSR count). The van der Waals surface area contributed by atoms with Gasteiger partial charge in [0.2, 0.25) is 5.91 Å². The number of anilines is 1. The van der Waals surface area contributed by atoms with E-state index in [1.807, 2.05) is 48.7 Å². The van der Waals surface area contributed by atoms with Crippen molar-refractivity contribution in [1.29, 1.82) is 0 Å². The van der Waals surface area contributed by atoms with E-state index < -0.39 is 47.2 Å². The van der Waals surface area contributed by atoms with Crippen LogP contribution < -0.4 is 14.8 Å². The van der Waals surface area contributed by atoms with Crippen LogP contribution >= 0.6 is 0 Å². The van der Waals surface area contributed by atoms with Gasteiger partial charge in [-0.25, -0.2) is 8.78 Å². The molecule has 14 heteroatoms. The highest BCUT2D eigenvalue weighted by Crippen LogP contribution is 2.42. The second-order valence-electron chi connectivity index (χ2n) is 14.1. The second-order valence-corrected chi connectivity index (χ2v) is 14.1. The number of alkyl halides is 2. The Bertz CT molecular complexity index is 2160. The van der Waals surface area contributed by atoms with E-state index in [9.17, 15) is 22.8 Å². The number of aldehydes is 1. The Labute approximate surface area is 315 Å². The van der Waals surface area contributed by atoms with Crippen LogP contribution in [0.2, 0.25) is 0 Å². The summed E-state index contributed by atoms with van der Waals surface area (Å²) in [6.07, 6.45) is 3.95. The summed E-state index contributed by atoms with van der Waals surface area (Å²) in [5.74, 6) is -3.27. The number of hydrogen-bond donors (Lipinski definition) is 1. The first-order valence-electron chi connectivity index (χ1n) is 17.9. The molecule has 55 heavy (non-hydrogen) atoms. The summed E-state index contributed by atoms with van der Waals surface area (Å²) in [4.78, 5) is 23.7. The van der Waals surface area contributed by atoms with Gasteiger partial charge in [0.05, 0.1) is 49.1 Å². The topological polar surface area (TPSA) is 106 Å². The van der Waals surface area contributed by atoms with Gasteiger partial charge >= 0.3 is 6.29 Å². The van der Waals surface area contributed by atoms with Crippen LogP contribution in [-0.2, 0) is 45.8 Å². The summed E-state index contributed by atoms with van der Waals surface area (Å²) in [6.45, 7) is 11.1. The number of fused-ring (bicyclic) bond motifs is 2. The van der Waals surface area contributed by atoms with Crippen molar-refractivity contribution < 1.29 is 46.1 Å². The third kappa shape index (κ3) is 9.80. The number of amides is 1. The molecule has 0 aliphatic carbocycles. The van der Waals surface area contributed by atoms with E-state index in [0.717, 1.165) is 54.5 Å². The number of carbonyl (C=O) groups is 2. The summed E-state index contributed by atoms with van der Waals surface area (Å²) in [5, 5.41) is 7.32. The molecule has 0 fully saturated rings. The number of nitrogens with zero attached hydrogens (tertiary/aromatic N) is 3. The van der Waals surface area contributed by atoms with Gasteiger partial charge in [0, 0.05) is 60.1 Å². The van der Waals surface area contributed by atoms with Gasteiger partial charge in [-0.1, -0.05) is 44.2 Å². The molecule has 2 aromatic heterocycles. The van der Waals surface area contributed by atoms with Crippen LogP contribution in [0.1, 0.15) is 65.9 Å². The summed E-state index contributed by atoms with van der Waals surface area (Å²) in [5.41, 5.74) is 3.40. The summed E-state index contributed by atoms with van der Waals surface area (Å²) >= 11 is 0. The minimum Gasteiger partial charge on any atom is -0.395 e. The predicted octanol–water partition coefficient (Wildman–Crippen LogP) is 8.35. The average molecular weight is 763 g/mol. The molecular formula is C41H42F4N4O6. The lowest BCUT2D eigenvalue weighted by Crippen LogP contribution is -2.28. The molecule has 5 aromatic rings. The van der Waals surface area contributed by atoms with E-state index in [-0.39, 0.29) is 11.3 Å². The second kappa shape index (κ2) is 16.9. The molecule has 0 saturated heterocycles. The first kappa shape index (κ1) is 39.2. The number of allylic oxidation sites excluding steroid dienone is 1. The van der Waals surface area contributed by atoms with Gasteiger partial charge in [-0.2, -0.15) is 5.10 Å². The van der Waals surface area contributed by atoms with Gasteiger partial charge in [-0.15, -0.1) is 15.4 Å². The standard InChI is InChI=1S/C41H42F4N4O6/c1-4-12-49-35-19-33(43)34(47-39(51)18-30-16-36-37(20-32(30)42)55-41(44,45)54-36)15-31(35)17-38(49)40(2,3)26-53-14-7-5-6-13-52-25-28-10-8-27(9-11-28)22-48-23-29(24-50)21-46-48/h4,8-11,15-17,19-21,23-24H,1,5-7,12-14,18,22,25-26H2,2-3H3,(H,47,51). The maximum Gasteiger partial charge on any atom is 0.586 e. The lowest BCUT2D eigenvalue weighted by molar-refractivity contribution is -0.286. The normalized spacial score (nSPS) is 13.3. The maximum absolute atomic E-state index is 15.4. The molecular weight excluding hydrogens is 720 g/mol. The van der Waals surface area contributed by atoms with Gasteiger partial charge in [-0.3, -0.25) is 14.3 Å². The molecule has 1 N–H and O–H groups in total. The van der Waals surface area contributed by atoms with Gasteiger partial charge in [0.15, 0.2) is 17.8 Å². The number of aromatic nitrogens is 3. The molecule has 0 atom stereocenters. The number of ether oxygens (including phenoxy) is 4. The van der Waals surface area contributed by atoms with Crippen LogP contribution in [0.4, 0.5) is 23.2 Å². The van der Waals surface area contributed by atoms with Gasteiger partial charge in [0.1, 0.15) is 11.6 Å². The lowest BCUT2D eigenvalue weighted by Gasteiger charge is -2.26. The molecule has 3 heterocycles. The van der Waals surface area contributed by atoms with Crippen molar-refractivity contribution in [2.45, 2.75) is 70.9 Å². The van der Waals surface area contributed by atoms with E-state index in [0.29, 0.717) is 56.0 Å². The molecule has 0 unspecified atom stereocenters. The number of nitrogens with one attached hydrogen (secondary N) is 1. The van der Waals surface area contributed by atoms with Crippen LogP contribution in [0.3, 0.4) is 0 Å². The Kier molecular flexibility index (Phi) is 12.1. The molecule has 10 nitrogen and oxygen atoms in total. The molecule has 1 aliphatic heterocycles. The van der Waals surface area contributed by atoms with Crippen molar-refractivity contribution in [2.24, 2.45) is 0 Å². The number of rotatable bonds is 19. The number of hydrogen-bond acceptors (Lipinski definition) is 7. The number of benzene rings is 3. The van der Waals surface area contributed by atoms with Crippen molar-refractivity contribution in [2.75, 3.05) is 25.1 Å². The summed E-state index contributed by atoms with van der Waals surface area (Å²) < 4.78 is 81.0.